The number of nitrogens with zero attached hydrogens (tertiary/aromatic N) is 6. The molecule has 11 heteroatoms. The number of fused-ring (bicyclic) bond motifs is 1. The average molecular weight is 618 g/mol. The first-order valence-corrected chi connectivity index (χ1v) is 16.2. The Hall–Kier alpha value is -5.36. The van der Waals surface area contributed by atoms with Gasteiger partial charge < -0.3 is 4.90 Å². The smallest absolute Gasteiger partial charge is 0.354 e. The van der Waals surface area contributed by atoms with Crippen molar-refractivity contribution in [1.29, 1.82) is 10.5 Å². The summed E-state index contributed by atoms with van der Waals surface area (Å²) in [4.78, 5) is 25.1. The van der Waals surface area contributed by atoms with Gasteiger partial charge in [-0.2, -0.15) is 15.5 Å². The van der Waals surface area contributed by atoms with Crippen LogP contribution in [0.1, 0.15) is 34.9 Å². The monoisotopic (exact) mass is 617 g/mol. The van der Waals surface area contributed by atoms with Gasteiger partial charge >= 0.3 is 5.69 Å². The van der Waals surface area contributed by atoms with Crippen molar-refractivity contribution in [2.45, 2.75) is 20.8 Å². The van der Waals surface area contributed by atoms with Crippen molar-refractivity contribution < 1.29 is 8.42 Å². The molecule has 1 aromatic heterocycles. The molecule has 0 aliphatic carbocycles. The van der Waals surface area contributed by atoms with Gasteiger partial charge in [0.05, 0.1) is 28.9 Å². The predicted octanol–water partition coefficient (Wildman–Crippen LogP) is 4.80. The van der Waals surface area contributed by atoms with Gasteiger partial charge in [0, 0.05) is 36.5 Å². The summed E-state index contributed by atoms with van der Waals surface area (Å²) in [5.41, 5.74) is 4.89. The number of aromatic nitrogens is 2. The van der Waals surface area contributed by atoms with Crippen LogP contribution in [0.25, 0.3) is 22.4 Å². The largest absolute Gasteiger partial charge is 0.370 e. The van der Waals surface area contributed by atoms with Crippen molar-refractivity contribution in [2.24, 2.45) is 4.99 Å². The van der Waals surface area contributed by atoms with Crippen molar-refractivity contribution in [3.8, 4) is 23.4 Å². The zero-order valence-corrected chi connectivity index (χ0v) is 26.2. The zero-order chi connectivity index (χ0) is 32.3. The number of anilines is 1. The van der Waals surface area contributed by atoms with Crippen molar-refractivity contribution >= 4 is 38.4 Å². The summed E-state index contributed by atoms with van der Waals surface area (Å²) in [6.07, 6.45) is 1.13. The molecule has 2 heterocycles. The van der Waals surface area contributed by atoms with Gasteiger partial charge in [-0.1, -0.05) is 54.1 Å². The Bertz CT molecular complexity index is 2120. The van der Waals surface area contributed by atoms with E-state index in [4.69, 9.17) is 4.99 Å². The normalized spacial score (nSPS) is 13.4. The van der Waals surface area contributed by atoms with Gasteiger partial charge in [-0.25, -0.2) is 27.5 Å². The minimum atomic E-state index is -3.30. The van der Waals surface area contributed by atoms with Crippen LogP contribution in [0.5, 0.6) is 0 Å². The van der Waals surface area contributed by atoms with Gasteiger partial charge in [0.15, 0.2) is 5.84 Å². The Labute approximate surface area is 262 Å². The molecule has 1 aliphatic rings. The molecule has 0 radical (unpaired) electrons. The van der Waals surface area contributed by atoms with Crippen LogP contribution in [-0.2, 0) is 10.0 Å². The van der Waals surface area contributed by atoms with Crippen LogP contribution in [0.2, 0.25) is 0 Å². The van der Waals surface area contributed by atoms with Crippen LogP contribution in [0.3, 0.4) is 0 Å². The van der Waals surface area contributed by atoms with E-state index in [0.29, 0.717) is 35.5 Å². The molecule has 0 atom stereocenters. The third-order valence-corrected chi connectivity index (χ3v) is 8.22. The molecule has 0 spiro atoms. The van der Waals surface area contributed by atoms with Crippen LogP contribution < -0.4 is 15.3 Å². The summed E-state index contributed by atoms with van der Waals surface area (Å²) in [7, 11) is -3.30. The topological polar surface area (TPSA) is 144 Å². The summed E-state index contributed by atoms with van der Waals surface area (Å²) in [6.45, 7) is 7.17. The molecule has 4 aromatic rings. The molecule has 10 nitrogen and oxygen atoms in total. The highest BCUT2D eigenvalue weighted by Crippen LogP contribution is 2.39. The number of benzene rings is 3. The maximum Gasteiger partial charge on any atom is 0.354 e. The Morgan fingerprint density at radius 1 is 0.978 bits per heavy atom. The molecule has 0 saturated heterocycles. The van der Waals surface area contributed by atoms with E-state index < -0.39 is 15.7 Å². The molecule has 0 bridgehead atoms. The zero-order valence-electron chi connectivity index (χ0n) is 25.4. The lowest BCUT2D eigenvalue weighted by molar-refractivity contribution is 0.587. The number of aliphatic imine (C=N–C) groups is 1. The second-order valence-electron chi connectivity index (χ2n) is 10.7. The molecule has 5 rings (SSSR count). The summed E-state index contributed by atoms with van der Waals surface area (Å²) in [5.74, 6) is 0.207. The lowest BCUT2D eigenvalue weighted by Gasteiger charge is -2.24. The van der Waals surface area contributed by atoms with Crippen LogP contribution in [-0.4, -0.2) is 49.7 Å². The molecule has 0 fully saturated rings. The lowest BCUT2D eigenvalue weighted by atomic mass is 9.97. The highest BCUT2D eigenvalue weighted by atomic mass is 32.2. The first-order valence-electron chi connectivity index (χ1n) is 14.3. The second-order valence-corrected chi connectivity index (χ2v) is 12.5. The minimum absolute atomic E-state index is 0.115. The number of hydrogen-bond acceptors (Lipinski definition) is 8. The molecule has 0 amide bonds. The van der Waals surface area contributed by atoms with E-state index in [-0.39, 0.29) is 34.9 Å². The van der Waals surface area contributed by atoms with E-state index in [9.17, 15) is 23.7 Å². The van der Waals surface area contributed by atoms with E-state index in [1.165, 1.54) is 4.57 Å². The molecule has 226 valence electrons. The fraction of sp³-hybridized carbons (Fsp3) is 0.206. The van der Waals surface area contributed by atoms with Crippen LogP contribution in [0.4, 0.5) is 11.4 Å². The van der Waals surface area contributed by atoms with E-state index in [0.717, 1.165) is 23.1 Å². The van der Waals surface area contributed by atoms with Gasteiger partial charge in [-0.15, -0.1) is 0 Å². The van der Waals surface area contributed by atoms with Gasteiger partial charge in [0.1, 0.15) is 17.7 Å². The van der Waals surface area contributed by atoms with Crippen LogP contribution in [0.15, 0.2) is 82.6 Å². The number of sulfonamides is 1. The van der Waals surface area contributed by atoms with Gasteiger partial charge in [0.2, 0.25) is 10.0 Å². The molecular formula is C34H31N7O3S. The molecule has 3 aromatic carbocycles. The minimum Gasteiger partial charge on any atom is -0.370 e. The third kappa shape index (κ3) is 6.31. The number of rotatable bonds is 9. The van der Waals surface area contributed by atoms with Crippen molar-refractivity contribution in [2.75, 3.05) is 30.8 Å². The Kier molecular flexibility index (Phi) is 8.77. The van der Waals surface area contributed by atoms with E-state index in [2.05, 4.69) is 21.8 Å². The van der Waals surface area contributed by atoms with E-state index >= 15 is 0 Å². The molecule has 0 unspecified atom stereocenters. The quantitative estimate of drug-likeness (QED) is 0.284. The lowest BCUT2D eigenvalue weighted by Crippen LogP contribution is -2.34. The first-order chi connectivity index (χ1) is 21.6. The SMILES string of the molecule is CCN(CCNS(C)(=O)=O)c1ccc(N=C2C(c3ccccc3)=C(C#N)c3c(C#N)c(-c4cccc(C)c4)nc(=O)n32)c(C)c1. The number of nitriles is 2. The summed E-state index contributed by atoms with van der Waals surface area (Å²) < 4.78 is 26.8. The average Bonchev–Trinajstić information content (AvgIpc) is 3.34. The fourth-order valence-corrected chi connectivity index (χ4v) is 5.87. The van der Waals surface area contributed by atoms with Crippen LogP contribution >= 0.6 is 0 Å². The fourth-order valence-electron chi connectivity index (χ4n) is 5.41. The highest BCUT2D eigenvalue weighted by molar-refractivity contribution is 7.88. The molecular weight excluding hydrogens is 586 g/mol. The number of allylic oxidation sites excluding steroid dienone is 2. The van der Waals surface area contributed by atoms with Crippen molar-refractivity contribution in [3.05, 3.63) is 111 Å². The Morgan fingerprint density at radius 3 is 2.33 bits per heavy atom. The Morgan fingerprint density at radius 2 is 1.71 bits per heavy atom. The third-order valence-electron chi connectivity index (χ3n) is 7.50. The van der Waals surface area contributed by atoms with Gasteiger partial charge in [-0.05, 0) is 56.2 Å². The summed E-state index contributed by atoms with van der Waals surface area (Å²) >= 11 is 0. The number of aryl methyl sites for hydroxylation is 2. The standard InChI is InChI=1S/C34H31N7O3S/c1-5-40(17-16-37-45(4,43)44)26-14-15-29(23(3)19-26)38-33-30(24-11-7-6-8-12-24)27(20-35)32-28(21-36)31(39-34(42)41(32)33)25-13-9-10-22(2)18-25/h6-15,18-19,37H,5,16-17H2,1-4H3. The van der Waals surface area contributed by atoms with Gasteiger partial charge in [0.25, 0.3) is 0 Å². The molecule has 1 N–H and O–H groups in total. The first kappa shape index (κ1) is 31.1. The maximum absolute atomic E-state index is 13.8. The maximum atomic E-state index is 13.8. The van der Waals surface area contributed by atoms with E-state index in [1.54, 1.807) is 6.07 Å². The predicted molar refractivity (Wildman–Crippen MR) is 177 cm³/mol. The summed E-state index contributed by atoms with van der Waals surface area (Å²) in [5, 5.41) is 20.9. The highest BCUT2D eigenvalue weighted by Gasteiger charge is 2.35. The number of hydrogen-bond donors (Lipinski definition) is 1. The summed E-state index contributed by atoms with van der Waals surface area (Å²) in [6, 6.07) is 26.7. The van der Waals surface area contributed by atoms with Crippen LogP contribution in [0, 0.1) is 36.5 Å². The van der Waals surface area contributed by atoms with E-state index in [1.807, 2.05) is 92.4 Å². The second kappa shape index (κ2) is 12.7. The van der Waals surface area contributed by atoms with Crippen molar-refractivity contribution in [1.82, 2.24) is 14.3 Å². The number of nitrogens with one attached hydrogen (secondary N) is 1. The molecule has 1 aliphatic heterocycles. The molecule has 0 saturated carbocycles. The molecule has 45 heavy (non-hydrogen) atoms. The van der Waals surface area contributed by atoms with Crippen molar-refractivity contribution in [3.63, 3.8) is 0 Å². The van der Waals surface area contributed by atoms with Gasteiger partial charge in [-0.3, -0.25) is 0 Å². The number of likely N-dealkylation sites (N-methyl/N-ethyl adjacent to an activating group) is 1. The Balaban J connectivity index is 1.69.